The summed E-state index contributed by atoms with van der Waals surface area (Å²) in [6, 6.07) is 30.4. The smallest absolute Gasteiger partial charge is 0.251 e. The Morgan fingerprint density at radius 2 is 1.62 bits per heavy atom. The van der Waals surface area contributed by atoms with Crippen molar-refractivity contribution in [1.29, 1.82) is 0 Å². The van der Waals surface area contributed by atoms with E-state index in [0.29, 0.717) is 12.1 Å². The fourth-order valence-corrected chi connectivity index (χ4v) is 4.16. The molecule has 1 aromatic heterocycles. The second kappa shape index (κ2) is 8.31. The molecule has 1 N–H and O–H groups in total. The highest BCUT2D eigenvalue weighted by Crippen LogP contribution is 2.24. The van der Waals surface area contributed by atoms with Crippen LogP contribution in [-0.2, 0) is 6.54 Å². The fourth-order valence-electron chi connectivity index (χ4n) is 4.16. The summed E-state index contributed by atoms with van der Waals surface area (Å²) in [5.74, 6) is 0.752. The number of benzene rings is 4. The number of nitrogens with zero attached hydrogens (tertiary/aromatic N) is 2. The molecule has 0 spiro atoms. The summed E-state index contributed by atoms with van der Waals surface area (Å²) in [5.41, 5.74) is 4.98. The highest BCUT2D eigenvalue weighted by atomic mass is 16.1. The Balaban J connectivity index is 1.49. The van der Waals surface area contributed by atoms with Crippen molar-refractivity contribution in [2.75, 3.05) is 0 Å². The number of hydrogen-bond donors (Lipinski definition) is 1. The molecule has 32 heavy (non-hydrogen) atoms. The summed E-state index contributed by atoms with van der Waals surface area (Å²) in [7, 11) is 0. The van der Waals surface area contributed by atoms with Gasteiger partial charge in [0.15, 0.2) is 0 Å². The molecule has 5 rings (SSSR count). The zero-order valence-electron chi connectivity index (χ0n) is 18.2. The third-order valence-electron chi connectivity index (χ3n) is 5.89. The molecule has 0 saturated carbocycles. The molecule has 5 aromatic rings. The average Bonchev–Trinajstić information content (AvgIpc) is 3.18. The lowest BCUT2D eigenvalue weighted by atomic mass is 10.1. The Labute approximate surface area is 187 Å². The number of carbonyl (C=O) groups is 1. The van der Waals surface area contributed by atoms with E-state index in [1.165, 1.54) is 16.3 Å². The van der Waals surface area contributed by atoms with E-state index in [4.69, 9.17) is 4.98 Å². The number of nitrogens with one attached hydrogen (secondary N) is 1. The van der Waals surface area contributed by atoms with Gasteiger partial charge in [-0.2, -0.15) is 0 Å². The van der Waals surface area contributed by atoms with E-state index in [9.17, 15) is 4.79 Å². The van der Waals surface area contributed by atoms with Gasteiger partial charge in [-0.3, -0.25) is 4.79 Å². The molecule has 0 radical (unpaired) electrons. The maximum atomic E-state index is 12.8. The minimum absolute atomic E-state index is 0.0955. The van der Waals surface area contributed by atoms with E-state index in [0.717, 1.165) is 22.4 Å². The van der Waals surface area contributed by atoms with Crippen molar-refractivity contribution in [1.82, 2.24) is 14.9 Å². The highest BCUT2D eigenvalue weighted by Gasteiger charge is 2.19. The lowest BCUT2D eigenvalue weighted by molar-refractivity contribution is 0.0938. The lowest BCUT2D eigenvalue weighted by Gasteiger charge is -2.17. The van der Waals surface area contributed by atoms with Crippen LogP contribution in [-0.4, -0.2) is 15.5 Å². The first kappa shape index (κ1) is 20.0. The first-order valence-corrected chi connectivity index (χ1v) is 10.9. The van der Waals surface area contributed by atoms with Gasteiger partial charge in [-0.25, -0.2) is 4.98 Å². The van der Waals surface area contributed by atoms with Gasteiger partial charge in [-0.05, 0) is 60.5 Å². The molecule has 158 valence electrons. The molecule has 0 bridgehead atoms. The quantitative estimate of drug-likeness (QED) is 0.378. The molecule has 0 fully saturated rings. The van der Waals surface area contributed by atoms with Gasteiger partial charge in [0, 0.05) is 12.1 Å². The molecule has 1 heterocycles. The van der Waals surface area contributed by atoms with Crippen molar-refractivity contribution in [3.8, 4) is 0 Å². The second-order valence-corrected chi connectivity index (χ2v) is 8.29. The van der Waals surface area contributed by atoms with Crippen LogP contribution in [0.3, 0.4) is 0 Å². The van der Waals surface area contributed by atoms with Crippen LogP contribution in [0.25, 0.3) is 21.8 Å². The molecular formula is C28H25N3O. The van der Waals surface area contributed by atoms with Gasteiger partial charge < -0.3 is 9.88 Å². The van der Waals surface area contributed by atoms with Crippen LogP contribution >= 0.6 is 0 Å². The summed E-state index contributed by atoms with van der Waals surface area (Å²) < 4.78 is 2.21. The average molecular weight is 420 g/mol. The minimum atomic E-state index is -0.239. The summed E-state index contributed by atoms with van der Waals surface area (Å²) in [4.78, 5) is 17.7. The summed E-state index contributed by atoms with van der Waals surface area (Å²) in [5, 5.41) is 5.57. The van der Waals surface area contributed by atoms with Crippen molar-refractivity contribution in [3.63, 3.8) is 0 Å². The topological polar surface area (TPSA) is 46.9 Å². The van der Waals surface area contributed by atoms with Crippen LogP contribution in [0.1, 0.15) is 40.3 Å². The van der Waals surface area contributed by atoms with Gasteiger partial charge in [0.1, 0.15) is 5.82 Å². The number of para-hydroxylation sites is 2. The monoisotopic (exact) mass is 419 g/mol. The predicted octanol–water partition coefficient (Wildman–Crippen LogP) is 6.04. The molecule has 1 atom stereocenters. The van der Waals surface area contributed by atoms with Crippen molar-refractivity contribution in [2.24, 2.45) is 0 Å². The van der Waals surface area contributed by atoms with E-state index in [1.807, 2.05) is 56.3 Å². The molecule has 0 saturated heterocycles. The van der Waals surface area contributed by atoms with E-state index < -0.39 is 0 Å². The predicted molar refractivity (Wildman–Crippen MR) is 130 cm³/mol. The molecule has 0 aliphatic heterocycles. The Hall–Kier alpha value is -3.92. The lowest BCUT2D eigenvalue weighted by Crippen LogP contribution is -2.28. The largest absolute Gasteiger partial charge is 0.342 e. The SMILES string of the molecule is Cc1ccc(C(=O)NC(C)c2nc3ccccc3n2Cc2ccc3ccccc3c2)cc1. The third kappa shape index (κ3) is 3.87. The fraction of sp³-hybridized carbons (Fsp3) is 0.143. The number of carbonyl (C=O) groups excluding carboxylic acids is 1. The maximum absolute atomic E-state index is 12.8. The van der Waals surface area contributed by atoms with Gasteiger partial charge in [-0.1, -0.05) is 66.2 Å². The van der Waals surface area contributed by atoms with Crippen LogP contribution in [0, 0.1) is 6.92 Å². The summed E-state index contributed by atoms with van der Waals surface area (Å²) >= 11 is 0. The molecule has 0 aliphatic carbocycles. The number of imidazole rings is 1. The number of rotatable bonds is 5. The molecule has 1 unspecified atom stereocenters. The maximum Gasteiger partial charge on any atom is 0.251 e. The van der Waals surface area contributed by atoms with E-state index in [1.54, 1.807) is 0 Å². The zero-order chi connectivity index (χ0) is 22.1. The highest BCUT2D eigenvalue weighted by molar-refractivity contribution is 5.94. The van der Waals surface area contributed by atoms with Gasteiger partial charge in [0.25, 0.3) is 5.91 Å². The van der Waals surface area contributed by atoms with Gasteiger partial charge in [0.05, 0.1) is 17.1 Å². The second-order valence-electron chi connectivity index (χ2n) is 8.29. The Morgan fingerprint density at radius 3 is 2.44 bits per heavy atom. The van der Waals surface area contributed by atoms with Crippen LogP contribution in [0.15, 0.2) is 91.0 Å². The van der Waals surface area contributed by atoms with E-state index in [-0.39, 0.29) is 11.9 Å². The van der Waals surface area contributed by atoms with Crippen molar-refractivity contribution in [2.45, 2.75) is 26.4 Å². The van der Waals surface area contributed by atoms with E-state index >= 15 is 0 Å². The van der Waals surface area contributed by atoms with Gasteiger partial charge in [0.2, 0.25) is 0 Å². The van der Waals surface area contributed by atoms with Crippen LogP contribution in [0.5, 0.6) is 0 Å². The number of hydrogen-bond acceptors (Lipinski definition) is 2. The normalized spacial score (nSPS) is 12.2. The van der Waals surface area contributed by atoms with E-state index in [2.05, 4.69) is 58.4 Å². The van der Waals surface area contributed by atoms with Crippen molar-refractivity contribution >= 4 is 27.7 Å². The molecular weight excluding hydrogens is 394 g/mol. The molecule has 1 amide bonds. The number of aromatic nitrogens is 2. The molecule has 4 heteroatoms. The van der Waals surface area contributed by atoms with Gasteiger partial charge in [-0.15, -0.1) is 0 Å². The first-order chi connectivity index (χ1) is 15.6. The zero-order valence-corrected chi connectivity index (χ0v) is 18.2. The minimum Gasteiger partial charge on any atom is -0.342 e. The van der Waals surface area contributed by atoms with Crippen molar-refractivity contribution in [3.05, 3.63) is 114 Å². The van der Waals surface area contributed by atoms with Crippen LogP contribution < -0.4 is 5.32 Å². The summed E-state index contributed by atoms with van der Waals surface area (Å²) in [6.07, 6.45) is 0. The van der Waals surface area contributed by atoms with Crippen LogP contribution in [0.2, 0.25) is 0 Å². The standard InChI is InChI=1S/C28H25N3O/c1-19-11-14-23(15-12-19)28(32)29-20(2)27-30-25-9-5-6-10-26(25)31(27)18-21-13-16-22-7-3-4-8-24(22)17-21/h3-17,20H,18H2,1-2H3,(H,29,32). The Kier molecular flexibility index (Phi) is 5.20. The molecule has 4 nitrogen and oxygen atoms in total. The first-order valence-electron chi connectivity index (χ1n) is 10.9. The third-order valence-corrected chi connectivity index (χ3v) is 5.89. The van der Waals surface area contributed by atoms with Crippen LogP contribution in [0.4, 0.5) is 0 Å². The number of aryl methyl sites for hydroxylation is 1. The Morgan fingerprint density at radius 1 is 0.906 bits per heavy atom. The number of fused-ring (bicyclic) bond motifs is 2. The Bertz CT molecular complexity index is 1420. The van der Waals surface area contributed by atoms with Crippen molar-refractivity contribution < 1.29 is 4.79 Å². The number of amides is 1. The molecule has 4 aromatic carbocycles. The molecule has 0 aliphatic rings. The van der Waals surface area contributed by atoms with Gasteiger partial charge >= 0.3 is 0 Å². The summed E-state index contributed by atoms with van der Waals surface area (Å²) in [6.45, 7) is 4.69.